The first kappa shape index (κ1) is 13.8. The fourth-order valence-corrected chi connectivity index (χ4v) is 1.74. The van der Waals surface area contributed by atoms with Crippen molar-refractivity contribution in [2.45, 2.75) is 13.5 Å². The molecule has 5 heteroatoms. The van der Waals surface area contributed by atoms with Gasteiger partial charge in [-0.2, -0.15) is 0 Å². The van der Waals surface area contributed by atoms with Crippen LogP contribution in [0.1, 0.15) is 11.1 Å². The normalized spacial score (nSPS) is 10.7. The van der Waals surface area contributed by atoms with Crippen LogP contribution in [0.4, 0.5) is 0 Å². The first-order chi connectivity index (χ1) is 8.12. The number of nitrogens with two attached hydrogens (primary N) is 1. The Morgan fingerprint density at radius 1 is 1.29 bits per heavy atom. The summed E-state index contributed by atoms with van der Waals surface area (Å²) in [6.45, 7) is 3.43. The second kappa shape index (κ2) is 6.44. The molecular formula is C12H21N3O2. The summed E-state index contributed by atoms with van der Waals surface area (Å²) in [4.78, 5) is 2.07. The number of hydrogen-bond donors (Lipinski definition) is 2. The Labute approximate surface area is 102 Å². The molecule has 0 spiro atoms. The van der Waals surface area contributed by atoms with Crippen LogP contribution in [-0.2, 0) is 6.54 Å². The highest BCUT2D eigenvalue weighted by atomic mass is 16.5. The van der Waals surface area contributed by atoms with Crippen molar-refractivity contribution in [2.75, 3.05) is 27.9 Å². The molecular weight excluding hydrogens is 218 g/mol. The van der Waals surface area contributed by atoms with Gasteiger partial charge in [-0.3, -0.25) is 10.7 Å². The molecule has 3 N–H and O–H groups in total. The smallest absolute Gasteiger partial charge is 0.127 e. The van der Waals surface area contributed by atoms with Crippen LogP contribution in [0.15, 0.2) is 12.1 Å². The summed E-state index contributed by atoms with van der Waals surface area (Å²) in [5, 5.41) is 0. The van der Waals surface area contributed by atoms with Crippen molar-refractivity contribution in [2.24, 2.45) is 5.84 Å². The zero-order valence-corrected chi connectivity index (χ0v) is 10.9. The third-order valence-corrected chi connectivity index (χ3v) is 2.65. The van der Waals surface area contributed by atoms with Gasteiger partial charge in [0, 0.05) is 18.2 Å². The van der Waals surface area contributed by atoms with Crippen LogP contribution in [0, 0.1) is 6.92 Å². The summed E-state index contributed by atoms with van der Waals surface area (Å²) in [6, 6.07) is 3.90. The van der Waals surface area contributed by atoms with E-state index >= 15 is 0 Å². The van der Waals surface area contributed by atoms with Gasteiger partial charge in [0.1, 0.15) is 11.5 Å². The zero-order chi connectivity index (χ0) is 12.8. The highest BCUT2D eigenvalue weighted by Gasteiger charge is 2.11. The fraction of sp³-hybridized carbons (Fsp3) is 0.500. The van der Waals surface area contributed by atoms with E-state index in [-0.39, 0.29) is 0 Å². The lowest BCUT2D eigenvalue weighted by molar-refractivity contribution is 0.293. The van der Waals surface area contributed by atoms with E-state index < -0.39 is 0 Å². The van der Waals surface area contributed by atoms with Crippen LogP contribution >= 0.6 is 0 Å². The van der Waals surface area contributed by atoms with E-state index in [2.05, 4.69) is 10.3 Å². The van der Waals surface area contributed by atoms with Gasteiger partial charge in [-0.15, -0.1) is 0 Å². The van der Waals surface area contributed by atoms with Crippen LogP contribution in [-0.4, -0.2) is 32.8 Å². The molecule has 0 aliphatic heterocycles. The van der Waals surface area contributed by atoms with Crippen LogP contribution in [0.3, 0.4) is 0 Å². The van der Waals surface area contributed by atoms with Crippen molar-refractivity contribution in [1.82, 2.24) is 10.3 Å². The van der Waals surface area contributed by atoms with E-state index in [1.807, 2.05) is 26.1 Å². The summed E-state index contributed by atoms with van der Waals surface area (Å²) < 4.78 is 10.6. The summed E-state index contributed by atoms with van der Waals surface area (Å²) >= 11 is 0. The maximum absolute atomic E-state index is 5.39. The molecule has 0 heterocycles. The molecule has 0 aliphatic carbocycles. The molecule has 1 rings (SSSR count). The largest absolute Gasteiger partial charge is 0.497 e. The highest BCUT2D eigenvalue weighted by Crippen LogP contribution is 2.29. The van der Waals surface area contributed by atoms with Crippen molar-refractivity contribution >= 4 is 0 Å². The quantitative estimate of drug-likeness (QED) is 0.438. The van der Waals surface area contributed by atoms with E-state index in [1.165, 1.54) is 0 Å². The Balaban J connectivity index is 2.97. The number of nitrogens with one attached hydrogen (secondary N) is 1. The summed E-state index contributed by atoms with van der Waals surface area (Å²) in [7, 11) is 5.31. The third kappa shape index (κ3) is 3.59. The Morgan fingerprint density at radius 2 is 2.00 bits per heavy atom. The molecule has 0 atom stereocenters. The minimum absolute atomic E-state index is 0.620. The molecule has 0 fully saturated rings. The lowest BCUT2D eigenvalue weighted by atomic mass is 10.1. The van der Waals surface area contributed by atoms with Gasteiger partial charge in [-0.25, -0.2) is 5.43 Å². The van der Waals surface area contributed by atoms with Crippen LogP contribution in [0.2, 0.25) is 0 Å². The van der Waals surface area contributed by atoms with Gasteiger partial charge in [0.25, 0.3) is 0 Å². The molecule has 0 aromatic heterocycles. The Kier molecular flexibility index (Phi) is 5.21. The molecule has 17 heavy (non-hydrogen) atoms. The lowest BCUT2D eigenvalue weighted by Gasteiger charge is -2.20. The summed E-state index contributed by atoms with van der Waals surface area (Å²) in [5.74, 6) is 6.94. The van der Waals surface area contributed by atoms with Crippen molar-refractivity contribution in [3.05, 3.63) is 23.3 Å². The predicted molar refractivity (Wildman–Crippen MR) is 67.9 cm³/mol. The Hall–Kier alpha value is -1.30. The number of nitrogens with zero attached hydrogens (tertiary/aromatic N) is 1. The topological polar surface area (TPSA) is 59.8 Å². The molecule has 1 aromatic rings. The number of hydrazine groups is 1. The maximum Gasteiger partial charge on any atom is 0.127 e. The minimum atomic E-state index is 0.620. The van der Waals surface area contributed by atoms with Gasteiger partial charge < -0.3 is 9.47 Å². The molecule has 0 unspecified atom stereocenters. The van der Waals surface area contributed by atoms with Crippen LogP contribution < -0.4 is 20.7 Å². The molecule has 0 bridgehead atoms. The SMILES string of the molecule is COc1cc(C)c(CN(C)CNN)c(OC)c1. The van der Waals surface area contributed by atoms with Gasteiger partial charge in [-0.1, -0.05) is 0 Å². The van der Waals surface area contributed by atoms with Crippen molar-refractivity contribution in [3.8, 4) is 11.5 Å². The van der Waals surface area contributed by atoms with Crippen molar-refractivity contribution in [1.29, 1.82) is 0 Å². The molecule has 0 saturated heterocycles. The molecule has 0 amide bonds. The Bertz CT molecular complexity index is 369. The number of rotatable bonds is 6. The number of methoxy groups -OCH3 is 2. The second-order valence-electron chi connectivity index (χ2n) is 4.00. The monoisotopic (exact) mass is 239 g/mol. The summed E-state index contributed by atoms with van der Waals surface area (Å²) in [6.07, 6.45) is 0. The predicted octanol–water partition coefficient (Wildman–Crippen LogP) is 0.865. The standard InChI is InChI=1S/C12H21N3O2/c1-9-5-10(16-3)6-12(17-4)11(9)7-15(2)8-14-13/h5-6,14H,7-8,13H2,1-4H3. The van der Waals surface area contributed by atoms with E-state index in [0.717, 1.165) is 29.2 Å². The zero-order valence-electron chi connectivity index (χ0n) is 10.9. The van der Waals surface area contributed by atoms with Crippen molar-refractivity contribution in [3.63, 3.8) is 0 Å². The number of hydrogen-bond acceptors (Lipinski definition) is 5. The van der Waals surface area contributed by atoms with Gasteiger partial charge in [0.15, 0.2) is 0 Å². The van der Waals surface area contributed by atoms with Gasteiger partial charge in [0.2, 0.25) is 0 Å². The Morgan fingerprint density at radius 3 is 2.53 bits per heavy atom. The third-order valence-electron chi connectivity index (χ3n) is 2.65. The van der Waals surface area contributed by atoms with E-state index in [1.54, 1.807) is 14.2 Å². The van der Waals surface area contributed by atoms with E-state index in [4.69, 9.17) is 15.3 Å². The van der Waals surface area contributed by atoms with E-state index in [0.29, 0.717) is 6.67 Å². The van der Waals surface area contributed by atoms with Crippen LogP contribution in [0.25, 0.3) is 0 Å². The first-order valence-electron chi connectivity index (χ1n) is 5.45. The second-order valence-corrected chi connectivity index (χ2v) is 4.00. The average Bonchev–Trinajstić information content (AvgIpc) is 2.31. The number of aryl methyl sites for hydroxylation is 1. The molecule has 0 radical (unpaired) electrons. The molecule has 0 aliphatic rings. The number of ether oxygens (including phenoxy) is 2. The van der Waals surface area contributed by atoms with Gasteiger partial charge >= 0.3 is 0 Å². The van der Waals surface area contributed by atoms with E-state index in [9.17, 15) is 0 Å². The molecule has 96 valence electrons. The average molecular weight is 239 g/mol. The first-order valence-corrected chi connectivity index (χ1v) is 5.45. The minimum Gasteiger partial charge on any atom is -0.497 e. The molecule has 1 aromatic carbocycles. The number of benzene rings is 1. The lowest BCUT2D eigenvalue weighted by Crippen LogP contribution is -2.35. The fourth-order valence-electron chi connectivity index (χ4n) is 1.74. The maximum atomic E-state index is 5.39. The van der Waals surface area contributed by atoms with Crippen molar-refractivity contribution < 1.29 is 9.47 Å². The molecule has 5 nitrogen and oxygen atoms in total. The highest BCUT2D eigenvalue weighted by molar-refractivity contribution is 5.46. The van der Waals surface area contributed by atoms with Gasteiger partial charge in [0.05, 0.1) is 20.9 Å². The van der Waals surface area contributed by atoms with Gasteiger partial charge in [-0.05, 0) is 25.6 Å². The molecule has 0 saturated carbocycles. The van der Waals surface area contributed by atoms with Crippen LogP contribution in [0.5, 0.6) is 11.5 Å². The summed E-state index contributed by atoms with van der Waals surface area (Å²) in [5.41, 5.74) is 4.92.